The molecule has 0 saturated carbocycles. The summed E-state index contributed by atoms with van der Waals surface area (Å²) in [7, 11) is 0. The third-order valence-corrected chi connectivity index (χ3v) is 3.99. The van der Waals surface area contributed by atoms with Crippen molar-refractivity contribution in [3.8, 4) is 0 Å². The van der Waals surface area contributed by atoms with Crippen molar-refractivity contribution in [1.29, 1.82) is 0 Å². The molecule has 0 aromatic carbocycles. The summed E-state index contributed by atoms with van der Waals surface area (Å²) in [6, 6.07) is 2.05. The summed E-state index contributed by atoms with van der Waals surface area (Å²) in [5.74, 6) is 0.0502. The Bertz CT molecular complexity index is 380. The highest BCUT2D eigenvalue weighted by Crippen LogP contribution is 2.32. The molecule has 4 heteroatoms. The van der Waals surface area contributed by atoms with Crippen LogP contribution in [0.1, 0.15) is 35.5 Å². The Labute approximate surface area is 106 Å². The number of thiophene rings is 1. The highest BCUT2D eigenvalue weighted by molar-refractivity contribution is 7.12. The highest BCUT2D eigenvalue weighted by atomic mass is 32.1. The largest absolute Gasteiger partial charge is 0.352 e. The monoisotopic (exact) mass is 254 g/mol. The Morgan fingerprint density at radius 2 is 2.12 bits per heavy atom. The first-order valence-electron chi connectivity index (χ1n) is 6.11. The van der Waals surface area contributed by atoms with Gasteiger partial charge in [-0.25, -0.2) is 0 Å². The Kier molecular flexibility index (Phi) is 4.31. The van der Waals surface area contributed by atoms with Gasteiger partial charge in [0.25, 0.3) is 0 Å². The van der Waals surface area contributed by atoms with E-state index in [0.29, 0.717) is 13.2 Å². The van der Waals surface area contributed by atoms with Crippen LogP contribution in [0.15, 0.2) is 11.4 Å². The third-order valence-electron chi connectivity index (χ3n) is 3.02. The van der Waals surface area contributed by atoms with Gasteiger partial charge >= 0.3 is 0 Å². The summed E-state index contributed by atoms with van der Waals surface area (Å²) in [6.07, 6.45) is 1.40. The van der Waals surface area contributed by atoms with Crippen molar-refractivity contribution >= 4 is 17.1 Å². The predicted molar refractivity (Wildman–Crippen MR) is 67.5 cm³/mol. The molecule has 94 valence electrons. The maximum absolute atomic E-state index is 12.3. The first-order chi connectivity index (χ1) is 8.27. The SMILES string of the molecule is CCOC(OCC)C1CCc2ccsc2C1=O. The molecule has 0 amide bonds. The van der Waals surface area contributed by atoms with E-state index in [9.17, 15) is 4.79 Å². The Morgan fingerprint density at radius 3 is 2.76 bits per heavy atom. The lowest BCUT2D eigenvalue weighted by Gasteiger charge is -2.28. The van der Waals surface area contributed by atoms with Gasteiger partial charge < -0.3 is 9.47 Å². The smallest absolute Gasteiger partial charge is 0.181 e. The van der Waals surface area contributed by atoms with Gasteiger partial charge in [-0.05, 0) is 43.7 Å². The molecule has 0 aliphatic heterocycles. The average Bonchev–Trinajstić information content (AvgIpc) is 2.78. The summed E-state index contributed by atoms with van der Waals surface area (Å²) in [4.78, 5) is 13.2. The number of rotatable bonds is 5. The van der Waals surface area contributed by atoms with Crippen molar-refractivity contribution in [3.63, 3.8) is 0 Å². The van der Waals surface area contributed by atoms with Crippen LogP contribution in [-0.2, 0) is 15.9 Å². The van der Waals surface area contributed by atoms with Crippen LogP contribution in [0.5, 0.6) is 0 Å². The van der Waals surface area contributed by atoms with E-state index < -0.39 is 0 Å². The molecule has 17 heavy (non-hydrogen) atoms. The number of fused-ring (bicyclic) bond motifs is 1. The van der Waals surface area contributed by atoms with Gasteiger partial charge in [0.1, 0.15) is 0 Å². The van der Waals surface area contributed by atoms with Crippen molar-refractivity contribution in [2.75, 3.05) is 13.2 Å². The van der Waals surface area contributed by atoms with Crippen LogP contribution < -0.4 is 0 Å². The molecule has 0 fully saturated rings. The van der Waals surface area contributed by atoms with Crippen LogP contribution in [0, 0.1) is 5.92 Å². The lowest BCUT2D eigenvalue weighted by Crippen LogP contribution is -2.35. The Hall–Kier alpha value is -0.710. The quantitative estimate of drug-likeness (QED) is 0.758. The fourth-order valence-corrected chi connectivity index (χ4v) is 3.19. The molecule has 0 radical (unpaired) electrons. The minimum absolute atomic E-state index is 0.138. The van der Waals surface area contributed by atoms with Gasteiger partial charge in [-0.3, -0.25) is 4.79 Å². The lowest BCUT2D eigenvalue weighted by molar-refractivity contribution is -0.158. The van der Waals surface area contributed by atoms with Crippen LogP contribution >= 0.6 is 11.3 Å². The van der Waals surface area contributed by atoms with Crippen LogP contribution in [-0.4, -0.2) is 25.3 Å². The van der Waals surface area contributed by atoms with Gasteiger partial charge in [-0.1, -0.05) is 0 Å². The molecule has 1 aromatic heterocycles. The fourth-order valence-electron chi connectivity index (χ4n) is 2.23. The number of Topliss-reactive ketones (excluding diaryl/α,β-unsaturated/α-hetero) is 1. The molecule has 1 heterocycles. The van der Waals surface area contributed by atoms with Gasteiger partial charge in [0, 0.05) is 13.2 Å². The van der Waals surface area contributed by atoms with E-state index in [1.165, 1.54) is 16.9 Å². The molecule has 1 atom stereocenters. The first-order valence-corrected chi connectivity index (χ1v) is 6.99. The van der Waals surface area contributed by atoms with Crippen LogP contribution in [0.2, 0.25) is 0 Å². The minimum Gasteiger partial charge on any atom is -0.352 e. The van der Waals surface area contributed by atoms with Crippen molar-refractivity contribution < 1.29 is 14.3 Å². The number of hydrogen-bond acceptors (Lipinski definition) is 4. The zero-order valence-corrected chi connectivity index (χ0v) is 11.1. The maximum Gasteiger partial charge on any atom is 0.181 e. The van der Waals surface area contributed by atoms with Crippen LogP contribution in [0.25, 0.3) is 0 Å². The molecule has 0 bridgehead atoms. The second-order valence-electron chi connectivity index (χ2n) is 4.06. The molecule has 0 spiro atoms. The molecule has 1 aliphatic carbocycles. The number of ketones is 1. The van der Waals surface area contributed by atoms with E-state index in [-0.39, 0.29) is 18.0 Å². The van der Waals surface area contributed by atoms with Crippen molar-refractivity contribution in [2.24, 2.45) is 5.92 Å². The number of ether oxygens (including phenoxy) is 2. The Morgan fingerprint density at radius 1 is 1.41 bits per heavy atom. The second kappa shape index (κ2) is 5.76. The van der Waals surface area contributed by atoms with Crippen molar-refractivity contribution in [1.82, 2.24) is 0 Å². The maximum atomic E-state index is 12.3. The second-order valence-corrected chi connectivity index (χ2v) is 4.98. The van der Waals surface area contributed by atoms with Gasteiger partial charge in [-0.15, -0.1) is 11.3 Å². The number of aryl methyl sites for hydroxylation is 1. The van der Waals surface area contributed by atoms with Gasteiger partial charge in [-0.2, -0.15) is 0 Å². The molecule has 1 aliphatic rings. The van der Waals surface area contributed by atoms with E-state index in [4.69, 9.17) is 9.47 Å². The molecule has 0 N–H and O–H groups in total. The highest BCUT2D eigenvalue weighted by Gasteiger charge is 2.35. The number of carbonyl (C=O) groups is 1. The molecule has 0 saturated heterocycles. The Balaban J connectivity index is 2.14. The van der Waals surface area contributed by atoms with Crippen LogP contribution in [0.3, 0.4) is 0 Å². The van der Waals surface area contributed by atoms with Crippen molar-refractivity contribution in [2.45, 2.75) is 33.0 Å². The van der Waals surface area contributed by atoms with Gasteiger partial charge in [0.2, 0.25) is 0 Å². The van der Waals surface area contributed by atoms with E-state index in [1.807, 2.05) is 25.3 Å². The van der Waals surface area contributed by atoms with Crippen LogP contribution in [0.4, 0.5) is 0 Å². The summed E-state index contributed by atoms with van der Waals surface area (Å²) >= 11 is 1.53. The zero-order chi connectivity index (χ0) is 12.3. The van der Waals surface area contributed by atoms with E-state index >= 15 is 0 Å². The van der Waals surface area contributed by atoms with Crippen molar-refractivity contribution in [3.05, 3.63) is 21.9 Å². The predicted octanol–water partition coefficient (Wildman–Crippen LogP) is 2.89. The van der Waals surface area contributed by atoms with Gasteiger partial charge in [0.05, 0.1) is 10.8 Å². The van der Waals surface area contributed by atoms with E-state index in [1.54, 1.807) is 0 Å². The molecular formula is C13H18O3S. The molecule has 1 aromatic rings. The summed E-state index contributed by atoms with van der Waals surface area (Å²) < 4.78 is 11.1. The molecule has 3 nitrogen and oxygen atoms in total. The molecular weight excluding hydrogens is 236 g/mol. The third kappa shape index (κ3) is 2.59. The zero-order valence-electron chi connectivity index (χ0n) is 10.3. The first kappa shape index (κ1) is 12.7. The molecule has 1 unspecified atom stereocenters. The summed E-state index contributed by atoms with van der Waals surface area (Å²) in [6.45, 7) is 5.00. The molecule has 2 rings (SSSR count). The fraction of sp³-hybridized carbons (Fsp3) is 0.615. The standard InChI is InChI=1S/C13H18O3S/c1-3-15-13(16-4-2)10-6-5-9-7-8-17-12(9)11(10)14/h7-8,10,13H,3-6H2,1-2H3. The summed E-state index contributed by atoms with van der Waals surface area (Å²) in [5, 5.41) is 1.99. The topological polar surface area (TPSA) is 35.5 Å². The number of hydrogen-bond donors (Lipinski definition) is 0. The minimum atomic E-state index is -0.382. The normalized spacial score (nSPS) is 19.7. The average molecular weight is 254 g/mol. The van der Waals surface area contributed by atoms with E-state index in [2.05, 4.69) is 0 Å². The summed E-state index contributed by atoms with van der Waals surface area (Å²) in [5.41, 5.74) is 1.18. The lowest BCUT2D eigenvalue weighted by atomic mass is 9.87. The van der Waals surface area contributed by atoms with Gasteiger partial charge in [0.15, 0.2) is 12.1 Å². The van der Waals surface area contributed by atoms with E-state index in [0.717, 1.165) is 17.7 Å². The number of carbonyl (C=O) groups excluding carboxylic acids is 1.